The number of benzene rings is 2. The fourth-order valence-corrected chi connectivity index (χ4v) is 2.67. The van der Waals surface area contributed by atoms with Gasteiger partial charge in [0.15, 0.2) is 6.61 Å². The molecule has 2 aromatic carbocycles. The number of hydrogen-bond donors (Lipinski definition) is 1. The molecule has 0 bridgehead atoms. The molecule has 0 unspecified atom stereocenters. The number of nitrogens with zero attached hydrogens (tertiary/aromatic N) is 1. The predicted octanol–water partition coefficient (Wildman–Crippen LogP) is 3.85. The van der Waals surface area contributed by atoms with Gasteiger partial charge in [0.05, 0.1) is 10.7 Å². The van der Waals surface area contributed by atoms with E-state index in [1.54, 1.807) is 30.3 Å². The van der Waals surface area contributed by atoms with Crippen LogP contribution in [0.25, 0.3) is 0 Å². The Morgan fingerprint density at radius 3 is 2.46 bits per heavy atom. The van der Waals surface area contributed by atoms with Crippen LogP contribution in [0.5, 0.6) is 5.75 Å². The highest BCUT2D eigenvalue weighted by Gasteiger charge is 2.15. The standard InChI is InChI=1S/C19H20Cl2N2O3/c1-13-3-6-16(7-4-13)26-12-19(25)22-9-10-23(14(2)24)18-11-15(20)5-8-17(18)21/h3-8,11H,9-10,12H2,1-2H3,(H,22,25). The van der Waals surface area contributed by atoms with Gasteiger partial charge in [-0.05, 0) is 37.3 Å². The molecule has 5 nitrogen and oxygen atoms in total. The fourth-order valence-electron chi connectivity index (χ4n) is 2.28. The molecule has 0 fully saturated rings. The first kappa shape index (κ1) is 20.1. The highest BCUT2D eigenvalue weighted by molar-refractivity contribution is 6.35. The van der Waals surface area contributed by atoms with E-state index in [0.29, 0.717) is 21.5 Å². The predicted molar refractivity (Wildman–Crippen MR) is 104 cm³/mol. The molecule has 0 aromatic heterocycles. The van der Waals surface area contributed by atoms with Crippen molar-refractivity contribution < 1.29 is 14.3 Å². The second-order valence-corrected chi connectivity index (χ2v) is 6.56. The number of hydrogen-bond acceptors (Lipinski definition) is 3. The number of halogens is 2. The van der Waals surface area contributed by atoms with Gasteiger partial charge in [-0.1, -0.05) is 40.9 Å². The number of anilines is 1. The third kappa shape index (κ3) is 5.93. The summed E-state index contributed by atoms with van der Waals surface area (Å²) in [6.45, 7) is 3.84. The zero-order chi connectivity index (χ0) is 19.1. The summed E-state index contributed by atoms with van der Waals surface area (Å²) >= 11 is 12.1. The van der Waals surface area contributed by atoms with Crippen molar-refractivity contribution >= 4 is 40.7 Å². The van der Waals surface area contributed by atoms with Crippen molar-refractivity contribution in [1.29, 1.82) is 0 Å². The molecule has 0 aliphatic heterocycles. The van der Waals surface area contributed by atoms with Crippen molar-refractivity contribution in [3.8, 4) is 5.75 Å². The molecular formula is C19H20Cl2N2O3. The third-order valence-electron chi connectivity index (χ3n) is 3.63. The van der Waals surface area contributed by atoms with Crippen LogP contribution in [0.3, 0.4) is 0 Å². The normalized spacial score (nSPS) is 10.3. The van der Waals surface area contributed by atoms with Gasteiger partial charge in [0, 0.05) is 25.0 Å². The van der Waals surface area contributed by atoms with Crippen molar-refractivity contribution in [2.24, 2.45) is 0 Å². The Hall–Kier alpha value is -2.24. The molecule has 0 saturated carbocycles. The van der Waals surface area contributed by atoms with E-state index >= 15 is 0 Å². The Morgan fingerprint density at radius 1 is 1.12 bits per heavy atom. The summed E-state index contributed by atoms with van der Waals surface area (Å²) in [7, 11) is 0. The van der Waals surface area contributed by atoms with Crippen LogP contribution in [0, 0.1) is 6.92 Å². The first-order valence-electron chi connectivity index (χ1n) is 8.06. The SMILES string of the molecule is CC(=O)N(CCNC(=O)COc1ccc(C)cc1)c1cc(Cl)ccc1Cl. The minimum atomic E-state index is -0.272. The Bertz CT molecular complexity index is 779. The van der Waals surface area contributed by atoms with E-state index in [9.17, 15) is 9.59 Å². The molecule has 2 aromatic rings. The van der Waals surface area contributed by atoms with E-state index in [1.165, 1.54) is 11.8 Å². The number of nitrogens with one attached hydrogen (secondary N) is 1. The number of rotatable bonds is 7. The molecule has 0 heterocycles. The van der Waals surface area contributed by atoms with Crippen molar-refractivity contribution in [3.05, 3.63) is 58.1 Å². The summed E-state index contributed by atoms with van der Waals surface area (Å²) in [4.78, 5) is 25.3. The summed E-state index contributed by atoms with van der Waals surface area (Å²) in [5.74, 6) is 0.160. The van der Waals surface area contributed by atoms with E-state index < -0.39 is 0 Å². The lowest BCUT2D eigenvalue weighted by Gasteiger charge is -2.22. The summed E-state index contributed by atoms with van der Waals surface area (Å²) in [5, 5.41) is 3.61. The van der Waals surface area contributed by atoms with E-state index in [-0.39, 0.29) is 31.5 Å². The topological polar surface area (TPSA) is 58.6 Å². The number of carbonyl (C=O) groups excluding carboxylic acids is 2. The van der Waals surface area contributed by atoms with E-state index in [0.717, 1.165) is 5.56 Å². The summed E-state index contributed by atoms with van der Waals surface area (Å²) < 4.78 is 5.42. The van der Waals surface area contributed by atoms with E-state index in [4.69, 9.17) is 27.9 Å². The second-order valence-electron chi connectivity index (χ2n) is 5.72. The summed E-state index contributed by atoms with van der Waals surface area (Å²) in [5.41, 5.74) is 1.63. The van der Waals surface area contributed by atoms with Crippen molar-refractivity contribution in [2.75, 3.05) is 24.6 Å². The molecule has 0 radical (unpaired) electrons. The van der Waals surface area contributed by atoms with Gasteiger partial charge >= 0.3 is 0 Å². The minimum absolute atomic E-state index is 0.0962. The maximum Gasteiger partial charge on any atom is 0.258 e. The van der Waals surface area contributed by atoms with Crippen LogP contribution in [0.4, 0.5) is 5.69 Å². The van der Waals surface area contributed by atoms with Gasteiger partial charge in [-0.25, -0.2) is 0 Å². The Kier molecular flexibility index (Phi) is 7.30. The smallest absolute Gasteiger partial charge is 0.258 e. The largest absolute Gasteiger partial charge is 0.484 e. The molecular weight excluding hydrogens is 375 g/mol. The lowest BCUT2D eigenvalue weighted by Crippen LogP contribution is -2.39. The maximum absolute atomic E-state index is 11.9. The average Bonchev–Trinajstić information content (AvgIpc) is 2.60. The highest BCUT2D eigenvalue weighted by Crippen LogP contribution is 2.29. The zero-order valence-corrected chi connectivity index (χ0v) is 16.1. The maximum atomic E-state index is 11.9. The molecule has 2 rings (SSSR count). The Labute approximate surface area is 162 Å². The number of ether oxygens (including phenoxy) is 1. The van der Waals surface area contributed by atoms with E-state index in [2.05, 4.69) is 5.32 Å². The van der Waals surface area contributed by atoms with Crippen LogP contribution in [0.1, 0.15) is 12.5 Å². The summed E-state index contributed by atoms with van der Waals surface area (Å²) in [6.07, 6.45) is 0. The van der Waals surface area contributed by atoms with Crippen LogP contribution in [0.2, 0.25) is 10.0 Å². The van der Waals surface area contributed by atoms with Crippen molar-refractivity contribution in [1.82, 2.24) is 5.32 Å². The molecule has 138 valence electrons. The van der Waals surface area contributed by atoms with Crippen LogP contribution in [0.15, 0.2) is 42.5 Å². The number of carbonyl (C=O) groups is 2. The van der Waals surface area contributed by atoms with Crippen molar-refractivity contribution in [2.45, 2.75) is 13.8 Å². The monoisotopic (exact) mass is 394 g/mol. The van der Waals surface area contributed by atoms with Gasteiger partial charge in [-0.15, -0.1) is 0 Å². The molecule has 0 atom stereocenters. The molecule has 0 spiro atoms. The van der Waals surface area contributed by atoms with Gasteiger partial charge in [-0.3, -0.25) is 9.59 Å². The van der Waals surface area contributed by atoms with Crippen molar-refractivity contribution in [3.63, 3.8) is 0 Å². The average molecular weight is 395 g/mol. The minimum Gasteiger partial charge on any atom is -0.484 e. The third-order valence-corrected chi connectivity index (χ3v) is 4.18. The number of amides is 2. The first-order chi connectivity index (χ1) is 12.4. The molecule has 0 saturated heterocycles. The highest BCUT2D eigenvalue weighted by atomic mass is 35.5. The molecule has 7 heteroatoms. The van der Waals surface area contributed by atoms with Crippen LogP contribution < -0.4 is 15.0 Å². The van der Waals surface area contributed by atoms with Gasteiger partial charge in [0.25, 0.3) is 5.91 Å². The number of aryl methyl sites for hydroxylation is 1. The lowest BCUT2D eigenvalue weighted by atomic mass is 10.2. The van der Waals surface area contributed by atoms with Gasteiger partial charge in [-0.2, -0.15) is 0 Å². The zero-order valence-electron chi connectivity index (χ0n) is 14.6. The molecule has 26 heavy (non-hydrogen) atoms. The van der Waals surface area contributed by atoms with E-state index in [1.807, 2.05) is 19.1 Å². The Balaban J connectivity index is 1.85. The fraction of sp³-hybridized carbons (Fsp3) is 0.263. The van der Waals surface area contributed by atoms with Gasteiger partial charge in [0.1, 0.15) is 5.75 Å². The molecule has 2 amide bonds. The second kappa shape index (κ2) is 9.46. The summed E-state index contributed by atoms with van der Waals surface area (Å²) in [6, 6.07) is 12.3. The van der Waals surface area contributed by atoms with Gasteiger partial charge in [0.2, 0.25) is 5.91 Å². The molecule has 0 aliphatic carbocycles. The van der Waals surface area contributed by atoms with Crippen LogP contribution >= 0.6 is 23.2 Å². The first-order valence-corrected chi connectivity index (χ1v) is 8.81. The van der Waals surface area contributed by atoms with Gasteiger partial charge < -0.3 is 15.0 Å². The molecule has 1 N–H and O–H groups in total. The quantitative estimate of drug-likeness (QED) is 0.775. The Morgan fingerprint density at radius 2 is 1.81 bits per heavy atom. The lowest BCUT2D eigenvalue weighted by molar-refractivity contribution is -0.123. The van der Waals surface area contributed by atoms with Crippen LogP contribution in [-0.4, -0.2) is 31.5 Å². The van der Waals surface area contributed by atoms with Crippen LogP contribution in [-0.2, 0) is 9.59 Å². The molecule has 0 aliphatic rings.